The Balaban J connectivity index is 2.22. The SMILES string of the molecule is CCOc1ccc(C(C)NC(=O)c2[nH]c(C)c(C(C)=O)c2C)cc1OC. The smallest absolute Gasteiger partial charge is 0.268 e. The number of rotatable bonds is 7. The van der Waals surface area contributed by atoms with Crippen LogP contribution in [0.1, 0.15) is 64.5 Å². The maximum absolute atomic E-state index is 12.7. The fourth-order valence-corrected chi connectivity index (χ4v) is 3.09. The highest BCUT2D eigenvalue weighted by Crippen LogP contribution is 2.30. The zero-order chi connectivity index (χ0) is 19.4. The number of ketones is 1. The van der Waals surface area contributed by atoms with Crippen LogP contribution in [0.15, 0.2) is 18.2 Å². The number of aryl methyl sites for hydroxylation is 1. The van der Waals surface area contributed by atoms with Crippen molar-refractivity contribution in [1.29, 1.82) is 0 Å². The van der Waals surface area contributed by atoms with Crippen LogP contribution in [0.2, 0.25) is 0 Å². The zero-order valence-corrected chi connectivity index (χ0v) is 16.1. The molecule has 26 heavy (non-hydrogen) atoms. The van der Waals surface area contributed by atoms with Crippen molar-refractivity contribution in [3.8, 4) is 11.5 Å². The summed E-state index contributed by atoms with van der Waals surface area (Å²) < 4.78 is 10.9. The summed E-state index contributed by atoms with van der Waals surface area (Å²) >= 11 is 0. The highest BCUT2D eigenvalue weighted by Gasteiger charge is 2.21. The summed E-state index contributed by atoms with van der Waals surface area (Å²) in [4.78, 5) is 27.4. The number of methoxy groups -OCH3 is 1. The predicted molar refractivity (Wildman–Crippen MR) is 100 cm³/mol. The molecule has 0 saturated carbocycles. The third kappa shape index (κ3) is 3.90. The van der Waals surface area contributed by atoms with Crippen LogP contribution in [-0.2, 0) is 0 Å². The standard InChI is InChI=1S/C20H26N2O4/c1-7-26-16-9-8-15(10-17(16)25-6)12(3)22-20(24)19-11(2)18(14(5)23)13(4)21-19/h8-10,12,21H,7H2,1-6H3,(H,22,24). The van der Waals surface area contributed by atoms with E-state index in [4.69, 9.17) is 9.47 Å². The van der Waals surface area contributed by atoms with Crippen molar-refractivity contribution in [2.75, 3.05) is 13.7 Å². The Morgan fingerprint density at radius 3 is 2.46 bits per heavy atom. The second kappa shape index (κ2) is 8.08. The molecule has 0 aliphatic carbocycles. The van der Waals surface area contributed by atoms with Crippen molar-refractivity contribution >= 4 is 11.7 Å². The van der Waals surface area contributed by atoms with Crippen molar-refractivity contribution in [1.82, 2.24) is 10.3 Å². The average molecular weight is 358 g/mol. The van der Waals surface area contributed by atoms with Gasteiger partial charge in [0.15, 0.2) is 17.3 Å². The third-order valence-electron chi connectivity index (χ3n) is 4.35. The molecule has 2 rings (SSSR count). The maximum Gasteiger partial charge on any atom is 0.268 e. The van der Waals surface area contributed by atoms with Crippen molar-refractivity contribution in [3.63, 3.8) is 0 Å². The fraction of sp³-hybridized carbons (Fsp3) is 0.400. The van der Waals surface area contributed by atoms with Gasteiger partial charge < -0.3 is 19.8 Å². The largest absolute Gasteiger partial charge is 0.493 e. The fourth-order valence-electron chi connectivity index (χ4n) is 3.09. The molecule has 1 aromatic carbocycles. The van der Waals surface area contributed by atoms with Gasteiger partial charge in [-0.1, -0.05) is 6.07 Å². The summed E-state index contributed by atoms with van der Waals surface area (Å²) in [6, 6.07) is 5.34. The molecule has 0 aliphatic heterocycles. The van der Waals surface area contributed by atoms with Crippen LogP contribution in [0.25, 0.3) is 0 Å². The molecule has 0 bridgehead atoms. The Morgan fingerprint density at radius 2 is 1.92 bits per heavy atom. The number of carbonyl (C=O) groups is 2. The molecular weight excluding hydrogens is 332 g/mol. The monoisotopic (exact) mass is 358 g/mol. The third-order valence-corrected chi connectivity index (χ3v) is 4.35. The minimum Gasteiger partial charge on any atom is -0.493 e. The molecule has 6 nitrogen and oxygen atoms in total. The molecule has 1 heterocycles. The number of benzene rings is 1. The average Bonchev–Trinajstić information content (AvgIpc) is 2.90. The minimum atomic E-state index is -0.251. The first-order valence-corrected chi connectivity index (χ1v) is 8.61. The highest BCUT2D eigenvalue weighted by atomic mass is 16.5. The summed E-state index contributed by atoms with van der Waals surface area (Å²) in [5.41, 5.74) is 3.26. The van der Waals surface area contributed by atoms with E-state index in [0.29, 0.717) is 40.6 Å². The van der Waals surface area contributed by atoms with E-state index in [2.05, 4.69) is 10.3 Å². The van der Waals surface area contributed by atoms with Crippen LogP contribution in [0.3, 0.4) is 0 Å². The van der Waals surface area contributed by atoms with E-state index >= 15 is 0 Å². The van der Waals surface area contributed by atoms with Gasteiger partial charge in [-0.25, -0.2) is 0 Å². The lowest BCUT2D eigenvalue weighted by Crippen LogP contribution is -2.27. The lowest BCUT2D eigenvalue weighted by atomic mass is 10.1. The summed E-state index contributed by atoms with van der Waals surface area (Å²) in [6.07, 6.45) is 0. The molecule has 1 unspecified atom stereocenters. The first-order valence-electron chi connectivity index (χ1n) is 8.61. The number of carbonyl (C=O) groups excluding carboxylic acids is 2. The number of H-pyrrole nitrogens is 1. The minimum absolute atomic E-state index is 0.0559. The Kier molecular flexibility index (Phi) is 6.08. The van der Waals surface area contributed by atoms with Crippen LogP contribution in [0, 0.1) is 13.8 Å². The second-order valence-corrected chi connectivity index (χ2v) is 6.22. The first kappa shape index (κ1) is 19.6. The molecule has 0 aliphatic rings. The number of nitrogens with one attached hydrogen (secondary N) is 2. The molecular formula is C20H26N2O4. The molecule has 1 atom stereocenters. The number of amides is 1. The Hall–Kier alpha value is -2.76. The summed E-state index contributed by atoms with van der Waals surface area (Å²) in [5, 5.41) is 2.96. The van der Waals surface area contributed by atoms with Crippen LogP contribution >= 0.6 is 0 Å². The maximum atomic E-state index is 12.7. The van der Waals surface area contributed by atoms with E-state index in [1.54, 1.807) is 21.0 Å². The molecule has 1 aromatic heterocycles. The van der Waals surface area contributed by atoms with Gasteiger partial charge in [0.2, 0.25) is 0 Å². The number of aromatic nitrogens is 1. The topological polar surface area (TPSA) is 80.4 Å². The summed E-state index contributed by atoms with van der Waals surface area (Å²) in [6.45, 7) is 9.42. The highest BCUT2D eigenvalue weighted by molar-refractivity contribution is 6.02. The molecule has 0 spiro atoms. The molecule has 0 fully saturated rings. The molecule has 2 aromatic rings. The quantitative estimate of drug-likeness (QED) is 0.739. The van der Waals surface area contributed by atoms with E-state index in [0.717, 1.165) is 5.56 Å². The van der Waals surface area contributed by atoms with Gasteiger partial charge in [0.05, 0.1) is 19.8 Å². The van der Waals surface area contributed by atoms with E-state index in [1.807, 2.05) is 32.0 Å². The van der Waals surface area contributed by atoms with Crippen LogP contribution in [-0.4, -0.2) is 30.4 Å². The van der Waals surface area contributed by atoms with E-state index in [1.165, 1.54) is 6.92 Å². The molecule has 1 amide bonds. The lowest BCUT2D eigenvalue weighted by Gasteiger charge is -2.17. The molecule has 0 radical (unpaired) electrons. The van der Waals surface area contributed by atoms with Gasteiger partial charge in [-0.2, -0.15) is 0 Å². The summed E-state index contributed by atoms with van der Waals surface area (Å²) in [5.74, 6) is 0.980. The predicted octanol–water partition coefficient (Wildman–Crippen LogP) is 3.73. The van der Waals surface area contributed by atoms with Crippen molar-refractivity contribution in [3.05, 3.63) is 46.3 Å². The van der Waals surface area contributed by atoms with Gasteiger partial charge in [-0.05, 0) is 57.9 Å². The molecule has 140 valence electrons. The van der Waals surface area contributed by atoms with Crippen molar-refractivity contribution in [2.45, 2.75) is 40.7 Å². The lowest BCUT2D eigenvalue weighted by molar-refractivity contribution is 0.0934. The molecule has 0 saturated heterocycles. The van der Waals surface area contributed by atoms with Gasteiger partial charge in [0.1, 0.15) is 5.69 Å². The Bertz CT molecular complexity index is 823. The Labute approximate surface area is 153 Å². The second-order valence-electron chi connectivity index (χ2n) is 6.22. The first-order chi connectivity index (χ1) is 12.3. The van der Waals surface area contributed by atoms with Gasteiger partial charge in [-0.3, -0.25) is 9.59 Å². The zero-order valence-electron chi connectivity index (χ0n) is 16.1. The van der Waals surface area contributed by atoms with Gasteiger partial charge >= 0.3 is 0 Å². The van der Waals surface area contributed by atoms with Crippen molar-refractivity contribution in [2.24, 2.45) is 0 Å². The molecule has 2 N–H and O–H groups in total. The number of ether oxygens (including phenoxy) is 2. The summed E-state index contributed by atoms with van der Waals surface area (Å²) in [7, 11) is 1.58. The van der Waals surface area contributed by atoms with Crippen LogP contribution in [0.5, 0.6) is 11.5 Å². The van der Waals surface area contributed by atoms with Crippen LogP contribution in [0.4, 0.5) is 0 Å². The van der Waals surface area contributed by atoms with Gasteiger partial charge in [0.25, 0.3) is 5.91 Å². The number of aromatic amines is 1. The van der Waals surface area contributed by atoms with Crippen LogP contribution < -0.4 is 14.8 Å². The molecule has 6 heteroatoms. The number of hydrogen-bond donors (Lipinski definition) is 2. The number of Topliss-reactive ketones (excluding diaryl/α,β-unsaturated/α-hetero) is 1. The van der Waals surface area contributed by atoms with Gasteiger partial charge in [-0.15, -0.1) is 0 Å². The number of hydrogen-bond acceptors (Lipinski definition) is 4. The normalized spacial score (nSPS) is 11.8. The van der Waals surface area contributed by atoms with E-state index < -0.39 is 0 Å². The van der Waals surface area contributed by atoms with E-state index in [-0.39, 0.29) is 17.7 Å². The van der Waals surface area contributed by atoms with E-state index in [9.17, 15) is 9.59 Å². The van der Waals surface area contributed by atoms with Crippen molar-refractivity contribution < 1.29 is 19.1 Å². The Morgan fingerprint density at radius 1 is 1.23 bits per heavy atom. The van der Waals surface area contributed by atoms with Gasteiger partial charge in [0, 0.05) is 11.3 Å².